The topological polar surface area (TPSA) is 117 Å². The average molecular weight is 584 g/mol. The predicted molar refractivity (Wildman–Crippen MR) is 148 cm³/mol. The van der Waals surface area contributed by atoms with Crippen molar-refractivity contribution in [2.24, 2.45) is 4.99 Å². The summed E-state index contributed by atoms with van der Waals surface area (Å²) in [5, 5.41) is 11.9. The molecule has 0 N–H and O–H groups in total. The van der Waals surface area contributed by atoms with E-state index in [1.54, 1.807) is 56.3 Å². The number of hydrogen-bond donors (Lipinski definition) is 0. The molecule has 1 aliphatic heterocycles. The Morgan fingerprint density at radius 3 is 2.69 bits per heavy atom. The van der Waals surface area contributed by atoms with Gasteiger partial charge in [-0.3, -0.25) is 19.5 Å². The van der Waals surface area contributed by atoms with Crippen LogP contribution in [0.5, 0.6) is 0 Å². The van der Waals surface area contributed by atoms with Crippen LogP contribution in [0.3, 0.4) is 0 Å². The van der Waals surface area contributed by atoms with Crippen molar-refractivity contribution in [1.82, 2.24) is 4.57 Å². The van der Waals surface area contributed by atoms with Gasteiger partial charge in [-0.2, -0.15) is 0 Å². The largest absolute Gasteiger partial charge is 0.463 e. The van der Waals surface area contributed by atoms with E-state index >= 15 is 0 Å². The van der Waals surface area contributed by atoms with E-state index in [0.717, 1.165) is 11.3 Å². The Labute approximate surface area is 235 Å². The van der Waals surface area contributed by atoms with E-state index in [4.69, 9.17) is 32.4 Å². The van der Waals surface area contributed by atoms with Crippen molar-refractivity contribution in [2.75, 3.05) is 6.61 Å². The Kier molecular flexibility index (Phi) is 7.26. The summed E-state index contributed by atoms with van der Waals surface area (Å²) in [6.07, 6.45) is 1.55. The van der Waals surface area contributed by atoms with Gasteiger partial charge in [-0.1, -0.05) is 52.7 Å². The Morgan fingerprint density at radius 1 is 1.21 bits per heavy atom. The van der Waals surface area contributed by atoms with Gasteiger partial charge in [0, 0.05) is 28.8 Å². The normalized spacial score (nSPS) is 15.2. The number of benzene rings is 2. The zero-order chi connectivity index (χ0) is 27.8. The van der Waals surface area contributed by atoms with E-state index < -0.39 is 22.5 Å². The number of ether oxygens (including phenoxy) is 1. The van der Waals surface area contributed by atoms with Crippen molar-refractivity contribution in [2.45, 2.75) is 19.9 Å². The molecule has 0 saturated carbocycles. The lowest BCUT2D eigenvalue weighted by Gasteiger charge is -2.25. The second-order valence-corrected chi connectivity index (χ2v) is 10.3. The molecule has 0 fully saturated rings. The minimum Gasteiger partial charge on any atom is -0.463 e. The predicted octanol–water partition coefficient (Wildman–Crippen LogP) is 5.27. The summed E-state index contributed by atoms with van der Waals surface area (Å²) in [6, 6.07) is 13.4. The summed E-state index contributed by atoms with van der Waals surface area (Å²) in [6.45, 7) is 3.55. The van der Waals surface area contributed by atoms with Crippen LogP contribution in [-0.4, -0.2) is 22.1 Å². The van der Waals surface area contributed by atoms with Crippen LogP contribution in [0.15, 0.2) is 80.1 Å². The molecule has 0 bridgehead atoms. The summed E-state index contributed by atoms with van der Waals surface area (Å²) >= 11 is 13.9. The molecule has 198 valence electrons. The van der Waals surface area contributed by atoms with Crippen molar-refractivity contribution in [3.05, 3.63) is 117 Å². The van der Waals surface area contributed by atoms with Crippen LogP contribution in [0.2, 0.25) is 10.0 Å². The van der Waals surface area contributed by atoms with Gasteiger partial charge in [0.25, 0.3) is 11.2 Å². The fourth-order valence-corrected chi connectivity index (χ4v) is 5.78. The quantitative estimate of drug-likeness (QED) is 0.173. The second-order valence-electron chi connectivity index (χ2n) is 8.45. The molecule has 1 atom stereocenters. The van der Waals surface area contributed by atoms with Gasteiger partial charge in [0.1, 0.15) is 17.6 Å². The number of furan rings is 1. The monoisotopic (exact) mass is 583 g/mol. The minimum atomic E-state index is -0.841. The standard InChI is InChI=1S/C27H19Cl2N3O6S/c1-3-37-26(34)23-14(2)30-27-31(24(23)17-6-4-5-7-19(17)28)25(33)22(39-27)13-16-9-11-21(38-16)18-12-15(32(35)36)8-10-20(18)29/h4-13,24H,3H2,1-2H3. The Morgan fingerprint density at radius 2 is 1.97 bits per heavy atom. The Hall–Kier alpha value is -3.99. The van der Waals surface area contributed by atoms with Crippen LogP contribution in [0.25, 0.3) is 17.4 Å². The molecular formula is C27H19Cl2N3O6S. The number of nitrogens with zero attached hydrogens (tertiary/aromatic N) is 3. The zero-order valence-electron chi connectivity index (χ0n) is 20.5. The molecule has 2 aromatic carbocycles. The number of halogens is 2. The number of aromatic nitrogens is 1. The first kappa shape index (κ1) is 26.6. The van der Waals surface area contributed by atoms with Gasteiger partial charge < -0.3 is 9.15 Å². The molecule has 3 heterocycles. The van der Waals surface area contributed by atoms with Crippen molar-refractivity contribution < 1.29 is 18.9 Å². The van der Waals surface area contributed by atoms with Crippen LogP contribution in [-0.2, 0) is 9.53 Å². The lowest BCUT2D eigenvalue weighted by Crippen LogP contribution is -2.40. The minimum absolute atomic E-state index is 0.131. The molecule has 0 aliphatic carbocycles. The van der Waals surface area contributed by atoms with Gasteiger partial charge in [-0.05, 0) is 43.7 Å². The first-order valence-electron chi connectivity index (χ1n) is 11.7. The molecule has 0 saturated heterocycles. The maximum absolute atomic E-state index is 13.7. The molecule has 2 aromatic heterocycles. The molecule has 0 amide bonds. The van der Waals surface area contributed by atoms with Crippen molar-refractivity contribution in [3.8, 4) is 11.3 Å². The van der Waals surface area contributed by atoms with E-state index in [9.17, 15) is 19.7 Å². The summed E-state index contributed by atoms with van der Waals surface area (Å²) in [5.74, 6) is 0.0491. The van der Waals surface area contributed by atoms with Gasteiger partial charge in [0.05, 0.1) is 32.4 Å². The number of fused-ring (bicyclic) bond motifs is 1. The summed E-state index contributed by atoms with van der Waals surface area (Å²) < 4.78 is 12.9. The number of carbonyl (C=O) groups is 1. The summed E-state index contributed by atoms with van der Waals surface area (Å²) in [5.41, 5.74) is 1.03. The molecule has 0 radical (unpaired) electrons. The van der Waals surface area contributed by atoms with Crippen molar-refractivity contribution >= 4 is 52.3 Å². The van der Waals surface area contributed by atoms with Gasteiger partial charge >= 0.3 is 5.97 Å². The van der Waals surface area contributed by atoms with E-state index in [1.165, 1.54) is 22.8 Å². The number of esters is 1. The SMILES string of the molecule is CCOC(=O)C1=C(C)N=c2sc(=Cc3ccc(-c4cc([N+](=O)[O-])ccc4Cl)o3)c(=O)n2C1c1ccccc1Cl. The maximum atomic E-state index is 13.7. The molecule has 9 nitrogen and oxygen atoms in total. The van der Waals surface area contributed by atoms with Crippen LogP contribution in [0.1, 0.15) is 31.2 Å². The lowest BCUT2D eigenvalue weighted by atomic mass is 9.96. The highest BCUT2D eigenvalue weighted by Crippen LogP contribution is 2.35. The Balaban J connectivity index is 1.64. The molecule has 0 spiro atoms. The van der Waals surface area contributed by atoms with Crippen LogP contribution < -0.4 is 14.9 Å². The highest BCUT2D eigenvalue weighted by molar-refractivity contribution is 7.07. The molecule has 39 heavy (non-hydrogen) atoms. The first-order valence-corrected chi connectivity index (χ1v) is 13.2. The van der Waals surface area contributed by atoms with Gasteiger partial charge in [-0.25, -0.2) is 9.79 Å². The van der Waals surface area contributed by atoms with Crippen molar-refractivity contribution in [1.29, 1.82) is 0 Å². The number of nitro benzene ring substituents is 1. The van der Waals surface area contributed by atoms with Crippen LogP contribution >= 0.6 is 34.5 Å². The fourth-order valence-electron chi connectivity index (χ4n) is 4.30. The fraction of sp³-hybridized carbons (Fsp3) is 0.148. The molecule has 1 aliphatic rings. The first-order chi connectivity index (χ1) is 18.7. The van der Waals surface area contributed by atoms with Gasteiger partial charge in [0.2, 0.25) is 0 Å². The number of non-ortho nitro benzene ring substituents is 1. The third-order valence-corrected chi connectivity index (χ3v) is 7.70. The average Bonchev–Trinajstić information content (AvgIpc) is 3.48. The zero-order valence-corrected chi connectivity index (χ0v) is 22.8. The van der Waals surface area contributed by atoms with E-state index in [2.05, 4.69) is 4.99 Å². The second kappa shape index (κ2) is 10.6. The third kappa shape index (κ3) is 4.94. The number of carbonyl (C=O) groups excluding carboxylic acids is 1. The van der Waals surface area contributed by atoms with E-state index in [-0.39, 0.29) is 22.9 Å². The Bertz CT molecular complexity index is 1850. The number of thiazole rings is 1. The molecule has 5 rings (SSSR count). The van der Waals surface area contributed by atoms with Crippen molar-refractivity contribution in [3.63, 3.8) is 0 Å². The molecule has 4 aromatic rings. The number of allylic oxidation sites excluding steroid dienone is 1. The van der Waals surface area contributed by atoms with Gasteiger partial charge in [-0.15, -0.1) is 0 Å². The number of rotatable bonds is 6. The van der Waals surface area contributed by atoms with Crippen LogP contribution in [0, 0.1) is 10.1 Å². The maximum Gasteiger partial charge on any atom is 0.338 e. The molecule has 1 unspecified atom stereocenters. The summed E-state index contributed by atoms with van der Waals surface area (Å²) in [4.78, 5) is 42.3. The lowest BCUT2D eigenvalue weighted by molar-refractivity contribution is -0.384. The van der Waals surface area contributed by atoms with E-state index in [1.807, 2.05) is 0 Å². The smallest absolute Gasteiger partial charge is 0.338 e. The molecular weight excluding hydrogens is 565 g/mol. The van der Waals surface area contributed by atoms with E-state index in [0.29, 0.717) is 42.7 Å². The van der Waals surface area contributed by atoms with Gasteiger partial charge in [0.15, 0.2) is 4.80 Å². The van der Waals surface area contributed by atoms with Crippen LogP contribution in [0.4, 0.5) is 5.69 Å². The highest BCUT2D eigenvalue weighted by Gasteiger charge is 2.34. The third-order valence-electron chi connectivity index (χ3n) is 6.04. The number of hydrogen-bond acceptors (Lipinski definition) is 8. The summed E-state index contributed by atoms with van der Waals surface area (Å²) in [7, 11) is 0. The molecule has 12 heteroatoms. The number of nitro groups is 1. The highest BCUT2D eigenvalue weighted by atomic mass is 35.5.